The molecule has 0 atom stereocenters. The molecule has 22 nitrogen and oxygen atoms in total. The molecule has 7 aromatic carbocycles. The third-order valence-electron chi connectivity index (χ3n) is 21.9. The van der Waals surface area contributed by atoms with E-state index in [1.54, 1.807) is 95.5 Å². The van der Waals surface area contributed by atoms with Crippen molar-refractivity contribution < 1.29 is 55.7 Å². The normalized spacial score (nSPS) is 16.3. The van der Waals surface area contributed by atoms with Crippen molar-refractivity contribution in [2.24, 2.45) is 4.99 Å². The number of Topliss-reactive ketones (excluding diaryl/α,β-unsaturated/α-hetero) is 1. The van der Waals surface area contributed by atoms with E-state index in [1.807, 2.05) is 60.7 Å². The minimum Gasteiger partial charge on any atom is -0.478 e. The highest BCUT2D eigenvalue weighted by atomic mass is 35.5. The number of ether oxygens (including phenoxy) is 3. The number of thiazole rings is 3. The summed E-state index contributed by atoms with van der Waals surface area (Å²) in [5.74, 6) is 2.00. The number of sulfone groups is 1. The van der Waals surface area contributed by atoms with Crippen LogP contribution in [0.2, 0.25) is 30.1 Å². The van der Waals surface area contributed by atoms with Crippen molar-refractivity contribution in [3.63, 3.8) is 0 Å². The number of hydrogen-bond donors (Lipinski definition) is 1. The van der Waals surface area contributed by atoms with Gasteiger partial charge >= 0.3 is 5.97 Å². The van der Waals surface area contributed by atoms with Crippen molar-refractivity contribution in [1.82, 2.24) is 30.4 Å². The van der Waals surface area contributed by atoms with E-state index in [0.29, 0.717) is 107 Å². The van der Waals surface area contributed by atoms with Gasteiger partial charge in [-0.2, -0.15) is 4.99 Å². The van der Waals surface area contributed by atoms with E-state index in [2.05, 4.69) is 35.2 Å². The third kappa shape index (κ3) is 18.6. The number of carbonyl (C=O) groups is 2. The van der Waals surface area contributed by atoms with Crippen LogP contribution in [0.3, 0.4) is 0 Å². The number of piperidine rings is 3. The molecule has 3 aliphatic carbocycles. The van der Waals surface area contributed by atoms with E-state index in [-0.39, 0.29) is 41.0 Å². The smallest absolute Gasteiger partial charge is 0.335 e. The van der Waals surface area contributed by atoms with Crippen molar-refractivity contribution in [3.05, 3.63) is 215 Å². The molecule has 0 amide bonds. The second-order valence-electron chi connectivity index (χ2n) is 30.1. The summed E-state index contributed by atoms with van der Waals surface area (Å²) in [7, 11) is -3.67. The van der Waals surface area contributed by atoms with E-state index >= 15 is 0 Å². The topological polar surface area (TPSA) is 272 Å². The van der Waals surface area contributed by atoms with Gasteiger partial charge in [0.1, 0.15) is 40.1 Å². The van der Waals surface area contributed by atoms with E-state index in [4.69, 9.17) is 112 Å². The van der Waals surface area contributed by atoms with Crippen molar-refractivity contribution in [2.75, 3.05) is 59.7 Å². The quantitative estimate of drug-likeness (QED) is 0.0411. The average molecular weight is 1780 g/mol. The SMILES string of the molecule is O=C(Cc1ccc2nc(N3CCC(OCc4c(-c5c(Cl)cccc5Cl)noc4C4CC4)CC3)sc2c1)CS(=O)(=O)c1ccccc1.O=C(O)c1ccc2nc(N3CCC(OCc4c(-c5c(Cl)cccc5Cl)noc4C4CC4)CC3)sc2c1.O=C=Nc1ccc2nc(N3CCC(OCc4c(-c5c(Cl)cccc5Cl)noc4C4CC4)CC3)sc2c1. The van der Waals surface area contributed by atoms with Gasteiger partial charge in [-0.05, 0) is 180 Å². The summed E-state index contributed by atoms with van der Waals surface area (Å²) in [5.41, 5.74) is 11.1. The number of rotatable bonds is 25. The second kappa shape index (κ2) is 35.9. The van der Waals surface area contributed by atoms with E-state index < -0.39 is 21.6 Å². The fourth-order valence-corrected chi connectivity index (χ4v) is 21.3. The molecule has 19 rings (SSSR count). The molecule has 118 heavy (non-hydrogen) atoms. The number of carbonyl (C=O) groups excluding carboxylic acids is 2. The van der Waals surface area contributed by atoms with Crippen molar-refractivity contribution >= 4 is 183 Å². The first kappa shape index (κ1) is 81.7. The summed E-state index contributed by atoms with van der Waals surface area (Å²) in [6.45, 7) is 6.14. The predicted molar refractivity (Wildman–Crippen MR) is 463 cm³/mol. The minimum absolute atomic E-state index is 0.0526. The molecule has 6 aliphatic rings. The summed E-state index contributed by atoms with van der Waals surface area (Å²) in [4.78, 5) is 59.5. The Hall–Kier alpha value is -8.67. The van der Waals surface area contributed by atoms with Crippen LogP contribution in [0, 0.1) is 0 Å². The average Bonchev–Trinajstić information content (AvgIpc) is 1.63. The Labute approximate surface area is 720 Å². The van der Waals surface area contributed by atoms with Crippen molar-refractivity contribution in [2.45, 2.75) is 144 Å². The number of isocyanates is 1. The first-order valence-electron chi connectivity index (χ1n) is 39.0. The Balaban J connectivity index is 0.000000128. The van der Waals surface area contributed by atoms with E-state index in [1.165, 1.54) is 23.5 Å². The molecule has 3 aliphatic heterocycles. The molecule has 3 saturated heterocycles. The molecule has 0 radical (unpaired) electrons. The number of aromatic carboxylic acids is 1. The van der Waals surface area contributed by atoms with Gasteiger partial charge in [0.2, 0.25) is 6.08 Å². The Bertz CT molecular complexity index is 5790. The summed E-state index contributed by atoms with van der Waals surface area (Å²) in [6.07, 6.45) is 13.7. The molecule has 9 heterocycles. The van der Waals surface area contributed by atoms with Gasteiger partial charge in [0.15, 0.2) is 31.0 Å². The van der Waals surface area contributed by atoms with Gasteiger partial charge in [0, 0.05) is 96.8 Å². The molecule has 3 saturated carbocycles. The van der Waals surface area contributed by atoms with Crippen molar-refractivity contribution in [1.29, 1.82) is 0 Å². The van der Waals surface area contributed by atoms with Gasteiger partial charge < -0.3 is 47.6 Å². The molecule has 0 spiro atoms. The standard InChI is InChI=1S/C34H31Cl2N3O5S2.C26H22Cl2N4O3S.C26H23Cl2N3O4S/c35-27-7-4-8-28(36)31(27)32-26(33(44-38-32)22-10-11-22)19-43-24-13-15-39(16-14-24)34-37-29-12-9-21(18-30(29)45-34)17-23(40)20-46(41,42)25-5-2-1-3-6-25;27-19-2-1-3-20(28)23(19)24-18(25(35-31-24)15-4-5-15)13-34-17-8-10-32(11-9-17)26-30-21-7-6-16(29-14-33)12-22(21)36-26;27-18-2-1-3-19(28)22(18)23-17(24(35-30-23)14-4-5-14)13-34-16-8-10-31(11-9-16)26-29-20-7-6-15(25(32)33)12-21(20)36-26/h1-9,12,18,22,24H,10-11,13-17,19-20H2;1-3,6-7,12,15,17H,4-5,8-11,13H2;1-3,6-7,12,14,16H,4-5,8-11,13H2,(H,32,33). The lowest BCUT2D eigenvalue weighted by Gasteiger charge is -2.31. The van der Waals surface area contributed by atoms with Crippen LogP contribution >= 0.6 is 104 Å². The van der Waals surface area contributed by atoms with Gasteiger partial charge in [0.25, 0.3) is 0 Å². The largest absolute Gasteiger partial charge is 0.478 e. The number of fused-ring (bicyclic) bond motifs is 3. The maximum atomic E-state index is 12.7. The molecule has 608 valence electrons. The van der Waals surface area contributed by atoms with Crippen LogP contribution in [-0.2, 0) is 59.9 Å². The number of carboxylic acids is 1. The van der Waals surface area contributed by atoms with Gasteiger partial charge in [-0.3, -0.25) is 4.79 Å². The minimum atomic E-state index is -3.67. The molecule has 0 unspecified atom stereocenters. The lowest BCUT2D eigenvalue weighted by atomic mass is 10.0. The Kier molecular flexibility index (Phi) is 24.9. The molecule has 6 aromatic heterocycles. The van der Waals surface area contributed by atoms with Crippen LogP contribution < -0.4 is 14.7 Å². The van der Waals surface area contributed by atoms with Gasteiger partial charge in [-0.1, -0.05) is 162 Å². The van der Waals surface area contributed by atoms with E-state index in [0.717, 1.165) is 202 Å². The lowest BCUT2D eigenvalue weighted by molar-refractivity contribution is -0.116. The number of benzene rings is 7. The zero-order valence-electron chi connectivity index (χ0n) is 63.3. The van der Waals surface area contributed by atoms with Crippen LogP contribution in [0.25, 0.3) is 64.4 Å². The Morgan fingerprint density at radius 2 is 0.831 bits per heavy atom. The molecule has 0 bridgehead atoms. The van der Waals surface area contributed by atoms with Crippen LogP contribution in [0.1, 0.15) is 145 Å². The number of hydrogen-bond acceptors (Lipinski definition) is 24. The molecular weight excluding hydrogens is 1710 g/mol. The number of aromatic nitrogens is 6. The van der Waals surface area contributed by atoms with E-state index in [9.17, 15) is 27.9 Å². The fourth-order valence-electron chi connectivity index (χ4n) is 15.1. The maximum absolute atomic E-state index is 12.7. The van der Waals surface area contributed by atoms with Gasteiger partial charge in [-0.15, -0.1) is 0 Å². The fraction of sp³-hybridized carbons (Fsp3) is 0.337. The number of anilines is 3. The van der Waals surface area contributed by atoms with Crippen LogP contribution in [0.4, 0.5) is 21.1 Å². The Morgan fingerprint density at radius 3 is 1.20 bits per heavy atom. The van der Waals surface area contributed by atoms with Gasteiger partial charge in [-0.25, -0.2) is 33.0 Å². The number of nitrogens with zero attached hydrogens (tertiary/aromatic N) is 10. The van der Waals surface area contributed by atoms with Crippen LogP contribution in [0.5, 0.6) is 0 Å². The molecule has 6 fully saturated rings. The highest BCUT2D eigenvalue weighted by molar-refractivity contribution is 7.92. The summed E-state index contributed by atoms with van der Waals surface area (Å²) in [6, 6.07) is 40.7. The number of halogens is 6. The molecule has 32 heteroatoms. The summed E-state index contributed by atoms with van der Waals surface area (Å²) >= 11 is 43.6. The maximum Gasteiger partial charge on any atom is 0.335 e. The number of carboxylic acid groups (broad SMARTS) is 1. The monoisotopic (exact) mass is 1780 g/mol. The number of ketones is 1. The highest BCUT2D eigenvalue weighted by Crippen LogP contribution is 2.50. The van der Waals surface area contributed by atoms with Crippen LogP contribution in [-0.4, -0.2) is 125 Å². The third-order valence-corrected chi connectivity index (χ3v) is 28.7. The van der Waals surface area contributed by atoms with Crippen LogP contribution in [0.15, 0.2) is 163 Å². The Morgan fingerprint density at radius 1 is 0.466 bits per heavy atom. The molecule has 1 N–H and O–H groups in total. The number of aliphatic imine (C=N–C) groups is 1. The summed E-state index contributed by atoms with van der Waals surface area (Å²) < 4.78 is 64.6. The first-order chi connectivity index (χ1) is 57.3. The molecular formula is C86H76Cl6N10O12S4. The highest BCUT2D eigenvalue weighted by Gasteiger charge is 2.38. The predicted octanol–water partition coefficient (Wildman–Crippen LogP) is 22.2. The zero-order valence-corrected chi connectivity index (χ0v) is 71.1. The second-order valence-corrected chi connectivity index (χ2v) is 37.6. The lowest BCUT2D eigenvalue weighted by Crippen LogP contribution is -2.36. The molecule has 13 aromatic rings. The zero-order chi connectivity index (χ0) is 81.3. The first-order valence-corrected chi connectivity index (χ1v) is 45.4. The summed E-state index contributed by atoms with van der Waals surface area (Å²) in [5, 5.41) is 28.4. The van der Waals surface area contributed by atoms with Gasteiger partial charge in [0.05, 0.1) is 115 Å². The van der Waals surface area contributed by atoms with Crippen molar-refractivity contribution in [3.8, 4) is 33.8 Å².